The summed E-state index contributed by atoms with van der Waals surface area (Å²) < 4.78 is 31.7. The fourth-order valence-electron chi connectivity index (χ4n) is 2.23. The fourth-order valence-corrected chi connectivity index (χ4v) is 4.08. The summed E-state index contributed by atoms with van der Waals surface area (Å²) in [4.78, 5) is 0.202. The molecule has 0 amide bonds. The van der Waals surface area contributed by atoms with Crippen molar-refractivity contribution >= 4 is 10.0 Å². The number of nitrogens with two attached hydrogens (primary N) is 1. The van der Waals surface area contributed by atoms with E-state index in [1.165, 1.54) is 11.4 Å². The third-order valence-electron chi connectivity index (χ3n) is 3.41. The van der Waals surface area contributed by atoms with Gasteiger partial charge in [0.25, 0.3) is 0 Å². The largest absolute Gasteiger partial charge is 0.495 e. The average molecular weight is 270 g/mol. The van der Waals surface area contributed by atoms with Crippen LogP contribution in [0.2, 0.25) is 0 Å². The van der Waals surface area contributed by atoms with E-state index in [1.54, 1.807) is 24.3 Å². The van der Waals surface area contributed by atoms with Crippen LogP contribution in [0, 0.1) is 0 Å². The summed E-state index contributed by atoms with van der Waals surface area (Å²) in [5.41, 5.74) is 5.88. The minimum absolute atomic E-state index is 0.102. The SMILES string of the molecule is COc1ccccc1S(=O)(=O)N1CCC(N)C1C. The van der Waals surface area contributed by atoms with E-state index in [0.717, 1.165) is 0 Å². The molecule has 1 aromatic carbocycles. The Balaban J connectivity index is 2.43. The molecule has 1 heterocycles. The molecular weight excluding hydrogens is 252 g/mol. The van der Waals surface area contributed by atoms with Crippen LogP contribution in [0.3, 0.4) is 0 Å². The highest BCUT2D eigenvalue weighted by molar-refractivity contribution is 7.89. The second-order valence-electron chi connectivity index (χ2n) is 4.46. The molecule has 100 valence electrons. The lowest BCUT2D eigenvalue weighted by atomic mass is 10.2. The van der Waals surface area contributed by atoms with Crippen LogP contribution in [-0.2, 0) is 10.0 Å². The van der Waals surface area contributed by atoms with Gasteiger partial charge in [0.2, 0.25) is 10.0 Å². The predicted octanol–water partition coefficient (Wildman–Crippen LogP) is 0.805. The van der Waals surface area contributed by atoms with Crippen molar-refractivity contribution in [3.05, 3.63) is 24.3 Å². The van der Waals surface area contributed by atoms with E-state index >= 15 is 0 Å². The number of nitrogens with zero attached hydrogens (tertiary/aromatic N) is 1. The van der Waals surface area contributed by atoms with Crippen molar-refractivity contribution in [1.82, 2.24) is 4.31 Å². The van der Waals surface area contributed by atoms with Crippen LogP contribution in [0.15, 0.2) is 29.2 Å². The van der Waals surface area contributed by atoms with Gasteiger partial charge in [-0.05, 0) is 25.5 Å². The number of para-hydroxylation sites is 1. The molecule has 0 radical (unpaired) electrons. The molecule has 5 nitrogen and oxygen atoms in total. The highest BCUT2D eigenvalue weighted by Crippen LogP contribution is 2.30. The topological polar surface area (TPSA) is 72.6 Å². The van der Waals surface area contributed by atoms with Gasteiger partial charge in [-0.25, -0.2) is 8.42 Å². The van der Waals surface area contributed by atoms with Gasteiger partial charge >= 0.3 is 0 Å². The maximum atomic E-state index is 12.6. The van der Waals surface area contributed by atoms with E-state index in [9.17, 15) is 8.42 Å². The van der Waals surface area contributed by atoms with Crippen molar-refractivity contribution in [2.75, 3.05) is 13.7 Å². The van der Waals surface area contributed by atoms with E-state index in [4.69, 9.17) is 10.5 Å². The van der Waals surface area contributed by atoms with Gasteiger partial charge in [-0.3, -0.25) is 0 Å². The molecule has 2 N–H and O–H groups in total. The lowest BCUT2D eigenvalue weighted by molar-refractivity contribution is 0.379. The van der Waals surface area contributed by atoms with E-state index in [2.05, 4.69) is 0 Å². The summed E-state index contributed by atoms with van der Waals surface area (Å²) in [7, 11) is -2.07. The molecule has 2 atom stereocenters. The first-order chi connectivity index (χ1) is 8.48. The van der Waals surface area contributed by atoms with E-state index in [-0.39, 0.29) is 17.0 Å². The van der Waals surface area contributed by atoms with Crippen molar-refractivity contribution in [2.24, 2.45) is 5.73 Å². The molecule has 0 bridgehead atoms. The third kappa shape index (κ3) is 2.11. The first-order valence-corrected chi connectivity index (χ1v) is 7.33. The van der Waals surface area contributed by atoms with Crippen molar-refractivity contribution in [3.63, 3.8) is 0 Å². The molecule has 2 rings (SSSR count). The van der Waals surface area contributed by atoms with Crippen LogP contribution < -0.4 is 10.5 Å². The van der Waals surface area contributed by atoms with Gasteiger partial charge in [-0.15, -0.1) is 0 Å². The molecule has 6 heteroatoms. The van der Waals surface area contributed by atoms with Gasteiger partial charge in [-0.1, -0.05) is 12.1 Å². The second-order valence-corrected chi connectivity index (χ2v) is 6.32. The number of hydrogen-bond acceptors (Lipinski definition) is 4. The van der Waals surface area contributed by atoms with E-state index < -0.39 is 10.0 Å². The van der Waals surface area contributed by atoms with Crippen molar-refractivity contribution in [1.29, 1.82) is 0 Å². The fraction of sp³-hybridized carbons (Fsp3) is 0.500. The van der Waals surface area contributed by atoms with E-state index in [0.29, 0.717) is 18.7 Å². The Morgan fingerprint density at radius 3 is 2.61 bits per heavy atom. The quantitative estimate of drug-likeness (QED) is 0.882. The summed E-state index contributed by atoms with van der Waals surface area (Å²) in [5.74, 6) is 0.366. The Morgan fingerprint density at radius 1 is 1.39 bits per heavy atom. The Labute approximate surface area is 108 Å². The standard InChI is InChI=1S/C12H18N2O3S/c1-9-10(13)7-8-14(9)18(15,16)12-6-4-3-5-11(12)17-2/h3-6,9-10H,7-8,13H2,1-2H3. The van der Waals surface area contributed by atoms with Gasteiger partial charge in [0.15, 0.2) is 0 Å². The molecule has 1 aliphatic rings. The monoisotopic (exact) mass is 270 g/mol. The Kier molecular flexibility index (Phi) is 3.61. The van der Waals surface area contributed by atoms with Crippen LogP contribution in [0.4, 0.5) is 0 Å². The first-order valence-electron chi connectivity index (χ1n) is 5.89. The smallest absolute Gasteiger partial charge is 0.247 e. The van der Waals surface area contributed by atoms with Gasteiger partial charge in [0.1, 0.15) is 10.6 Å². The number of methoxy groups -OCH3 is 1. The Morgan fingerprint density at radius 2 is 2.06 bits per heavy atom. The normalized spacial score (nSPS) is 25.3. The molecule has 1 aromatic rings. The minimum Gasteiger partial charge on any atom is -0.495 e. The summed E-state index contributed by atoms with van der Waals surface area (Å²) >= 11 is 0. The van der Waals surface area contributed by atoms with Gasteiger partial charge in [0, 0.05) is 18.6 Å². The lowest BCUT2D eigenvalue weighted by Crippen LogP contribution is -2.40. The molecule has 0 saturated carbocycles. The Hall–Kier alpha value is -1.11. The number of hydrogen-bond donors (Lipinski definition) is 1. The Bertz CT molecular complexity index is 530. The van der Waals surface area contributed by atoms with Gasteiger partial charge in [0.05, 0.1) is 7.11 Å². The maximum Gasteiger partial charge on any atom is 0.247 e. The highest BCUT2D eigenvalue weighted by Gasteiger charge is 2.38. The number of benzene rings is 1. The van der Waals surface area contributed by atoms with Gasteiger partial charge in [-0.2, -0.15) is 4.31 Å². The van der Waals surface area contributed by atoms with Crippen LogP contribution in [0.5, 0.6) is 5.75 Å². The number of sulfonamides is 1. The lowest BCUT2D eigenvalue weighted by Gasteiger charge is -2.23. The molecule has 1 fully saturated rings. The first kappa shape index (κ1) is 13.3. The zero-order valence-electron chi connectivity index (χ0n) is 10.5. The number of ether oxygens (including phenoxy) is 1. The summed E-state index contributed by atoms with van der Waals surface area (Å²) in [6.07, 6.45) is 0.690. The van der Waals surface area contributed by atoms with Gasteiger partial charge < -0.3 is 10.5 Å². The predicted molar refractivity (Wildman–Crippen MR) is 68.9 cm³/mol. The zero-order chi connectivity index (χ0) is 13.3. The summed E-state index contributed by atoms with van der Waals surface area (Å²) in [5, 5.41) is 0. The molecule has 18 heavy (non-hydrogen) atoms. The average Bonchev–Trinajstić information content (AvgIpc) is 2.70. The molecule has 0 aliphatic carbocycles. The second kappa shape index (κ2) is 4.87. The summed E-state index contributed by atoms with van der Waals surface area (Å²) in [6, 6.07) is 6.36. The molecular formula is C12H18N2O3S. The molecule has 2 unspecified atom stereocenters. The minimum atomic E-state index is -3.54. The van der Waals surface area contributed by atoms with Crippen LogP contribution in [0.1, 0.15) is 13.3 Å². The third-order valence-corrected chi connectivity index (χ3v) is 5.44. The van der Waals surface area contributed by atoms with Crippen LogP contribution in [0.25, 0.3) is 0 Å². The van der Waals surface area contributed by atoms with Crippen LogP contribution >= 0.6 is 0 Å². The summed E-state index contributed by atoms with van der Waals surface area (Å²) in [6.45, 7) is 2.30. The molecule has 1 saturated heterocycles. The number of rotatable bonds is 3. The molecule has 0 spiro atoms. The van der Waals surface area contributed by atoms with Crippen LogP contribution in [-0.4, -0.2) is 38.5 Å². The highest BCUT2D eigenvalue weighted by atomic mass is 32.2. The van der Waals surface area contributed by atoms with Crippen molar-refractivity contribution in [2.45, 2.75) is 30.3 Å². The molecule has 0 aromatic heterocycles. The van der Waals surface area contributed by atoms with E-state index in [1.807, 2.05) is 6.92 Å². The maximum absolute atomic E-state index is 12.6. The van der Waals surface area contributed by atoms with Crippen molar-refractivity contribution in [3.8, 4) is 5.75 Å². The van der Waals surface area contributed by atoms with Crippen molar-refractivity contribution < 1.29 is 13.2 Å². The molecule has 1 aliphatic heterocycles. The zero-order valence-corrected chi connectivity index (χ0v) is 11.4.